The van der Waals surface area contributed by atoms with E-state index in [1.165, 1.54) is 72.8 Å². The van der Waals surface area contributed by atoms with Crippen LogP contribution in [0.15, 0.2) is 84.9 Å². The topological polar surface area (TPSA) is 158 Å². The molecule has 246 valence electrons. The van der Waals surface area contributed by atoms with Gasteiger partial charge in [0.25, 0.3) is 0 Å². The van der Waals surface area contributed by atoms with E-state index in [0.29, 0.717) is 22.3 Å². The Balaban J connectivity index is 1.47. The van der Waals surface area contributed by atoms with Crippen molar-refractivity contribution in [3.05, 3.63) is 119 Å². The summed E-state index contributed by atoms with van der Waals surface area (Å²) < 4.78 is 50.1. The number of halogens is 2. The van der Waals surface area contributed by atoms with Gasteiger partial charge in [0, 0.05) is 12.1 Å². The van der Waals surface area contributed by atoms with E-state index in [-0.39, 0.29) is 62.6 Å². The molecule has 0 spiro atoms. The molecular formula is C34H36F2O10. The molecule has 0 heterocycles. The van der Waals surface area contributed by atoms with Crippen molar-refractivity contribution in [2.24, 2.45) is 0 Å². The van der Waals surface area contributed by atoms with Crippen LogP contribution >= 0.6 is 0 Å². The molecule has 0 saturated carbocycles. The zero-order valence-electron chi connectivity index (χ0n) is 24.7. The zero-order valence-corrected chi connectivity index (χ0v) is 24.7. The molecule has 0 aliphatic heterocycles. The molecule has 4 atom stereocenters. The molecule has 0 saturated heterocycles. The lowest BCUT2D eigenvalue weighted by molar-refractivity contribution is -0.170. The minimum Gasteiger partial charge on any atom is -0.508 e. The smallest absolute Gasteiger partial charge is 0.123 e. The lowest BCUT2D eigenvalue weighted by Gasteiger charge is -2.32. The number of benzene rings is 4. The van der Waals surface area contributed by atoms with Gasteiger partial charge in [0.1, 0.15) is 59.0 Å². The van der Waals surface area contributed by atoms with Crippen molar-refractivity contribution in [3.8, 4) is 23.0 Å². The lowest BCUT2D eigenvalue weighted by atomic mass is 10.0. The van der Waals surface area contributed by atoms with Gasteiger partial charge in [-0.25, -0.2) is 8.78 Å². The summed E-state index contributed by atoms with van der Waals surface area (Å²) in [7, 11) is 0. The number of hydrogen-bond acceptors (Lipinski definition) is 10. The standard InChI is InChI=1S/C34H36F2O10/c35-25-5-1-21(2-6-25)17-45-31(19-43-15-23-9-27(37)13-28(38)10-23)33(41)34(42)32(46-18-22-3-7-26(36)8-4-22)20-44-16-24-11-29(39)14-30(40)12-24/h1-14,31-34,37-42H,15-20H2/t31-,32-,33-,34-/m1/s1. The van der Waals surface area contributed by atoms with Crippen LogP contribution in [0.5, 0.6) is 23.0 Å². The number of ether oxygens (including phenoxy) is 4. The van der Waals surface area contributed by atoms with E-state index in [9.17, 15) is 39.4 Å². The first-order valence-electron chi connectivity index (χ1n) is 14.3. The third kappa shape index (κ3) is 10.9. The monoisotopic (exact) mass is 642 g/mol. The molecule has 12 heteroatoms. The highest BCUT2D eigenvalue weighted by molar-refractivity contribution is 5.37. The van der Waals surface area contributed by atoms with Gasteiger partial charge in [0.2, 0.25) is 0 Å². The van der Waals surface area contributed by atoms with Crippen molar-refractivity contribution >= 4 is 0 Å². The summed E-state index contributed by atoms with van der Waals surface area (Å²) in [5.74, 6) is -1.54. The summed E-state index contributed by atoms with van der Waals surface area (Å²) in [5, 5.41) is 61.7. The maximum absolute atomic E-state index is 13.4. The Morgan fingerprint density at radius 1 is 0.457 bits per heavy atom. The van der Waals surface area contributed by atoms with E-state index in [1.807, 2.05) is 0 Å². The Hall–Kier alpha value is -4.30. The highest BCUT2D eigenvalue weighted by Gasteiger charge is 2.34. The fourth-order valence-electron chi connectivity index (χ4n) is 4.56. The number of phenols is 4. The van der Waals surface area contributed by atoms with E-state index in [0.717, 1.165) is 12.1 Å². The van der Waals surface area contributed by atoms with Gasteiger partial charge in [-0.1, -0.05) is 24.3 Å². The van der Waals surface area contributed by atoms with E-state index in [1.54, 1.807) is 0 Å². The first kappa shape index (κ1) is 34.6. The first-order chi connectivity index (χ1) is 22.0. The van der Waals surface area contributed by atoms with Gasteiger partial charge in [0.05, 0.1) is 39.6 Å². The highest BCUT2D eigenvalue weighted by atomic mass is 19.1. The summed E-state index contributed by atoms with van der Waals surface area (Å²) in [6, 6.07) is 18.9. The molecule has 0 radical (unpaired) electrons. The second kappa shape index (κ2) is 16.9. The molecule has 10 nitrogen and oxygen atoms in total. The van der Waals surface area contributed by atoms with Crippen LogP contribution in [0.1, 0.15) is 22.3 Å². The quantitative estimate of drug-likeness (QED) is 0.0975. The molecule has 4 aromatic rings. The van der Waals surface area contributed by atoms with Crippen LogP contribution in [-0.4, -0.2) is 68.3 Å². The molecule has 0 bridgehead atoms. The number of aliphatic hydroxyl groups excluding tert-OH is 2. The van der Waals surface area contributed by atoms with Crippen molar-refractivity contribution in [1.82, 2.24) is 0 Å². The molecular weight excluding hydrogens is 606 g/mol. The van der Waals surface area contributed by atoms with E-state index < -0.39 is 36.1 Å². The third-order valence-electron chi connectivity index (χ3n) is 6.89. The minimum absolute atomic E-state index is 0.0659. The SMILES string of the molecule is Oc1cc(O)cc(COC[C@@H](OCc2ccc(F)cc2)[C@@H](O)[C@H](O)[C@@H](COCc2cc(O)cc(O)c2)OCc2ccc(F)cc2)c1. The van der Waals surface area contributed by atoms with E-state index in [4.69, 9.17) is 18.9 Å². The summed E-state index contributed by atoms with van der Waals surface area (Å²) in [6.45, 7) is -0.780. The second-order valence-electron chi connectivity index (χ2n) is 10.7. The number of rotatable bonds is 17. The van der Waals surface area contributed by atoms with Crippen molar-refractivity contribution in [3.63, 3.8) is 0 Å². The Labute approximate surface area is 264 Å². The van der Waals surface area contributed by atoms with Crippen LogP contribution in [0.2, 0.25) is 0 Å². The number of hydrogen-bond donors (Lipinski definition) is 6. The van der Waals surface area contributed by atoms with Crippen molar-refractivity contribution in [2.45, 2.75) is 50.8 Å². The molecule has 4 rings (SSSR count). The molecule has 0 fully saturated rings. The second-order valence-corrected chi connectivity index (χ2v) is 10.7. The van der Waals surface area contributed by atoms with Gasteiger partial charge < -0.3 is 49.6 Å². The predicted molar refractivity (Wildman–Crippen MR) is 161 cm³/mol. The Bertz CT molecular complexity index is 1360. The Morgan fingerprint density at radius 3 is 1.11 bits per heavy atom. The molecule has 0 unspecified atom stereocenters. The summed E-state index contributed by atoms with van der Waals surface area (Å²) >= 11 is 0. The molecule has 0 amide bonds. The van der Waals surface area contributed by atoms with Crippen molar-refractivity contribution < 1.29 is 58.4 Å². The zero-order chi connectivity index (χ0) is 33.1. The predicted octanol–water partition coefficient (Wildman–Crippen LogP) is 4.41. The fourth-order valence-corrected chi connectivity index (χ4v) is 4.56. The van der Waals surface area contributed by atoms with Gasteiger partial charge >= 0.3 is 0 Å². The third-order valence-corrected chi connectivity index (χ3v) is 6.89. The number of aliphatic hydroxyl groups is 2. The molecule has 0 aromatic heterocycles. The van der Waals surface area contributed by atoms with Crippen LogP contribution in [0, 0.1) is 11.6 Å². The lowest BCUT2D eigenvalue weighted by Crippen LogP contribution is -2.49. The van der Waals surface area contributed by atoms with E-state index >= 15 is 0 Å². The number of aromatic hydroxyl groups is 4. The first-order valence-corrected chi connectivity index (χ1v) is 14.3. The largest absolute Gasteiger partial charge is 0.508 e. The summed E-state index contributed by atoms with van der Waals surface area (Å²) in [4.78, 5) is 0. The fraction of sp³-hybridized carbons (Fsp3) is 0.294. The maximum Gasteiger partial charge on any atom is 0.123 e. The van der Waals surface area contributed by atoms with Crippen LogP contribution in [0.25, 0.3) is 0 Å². The average molecular weight is 643 g/mol. The minimum atomic E-state index is -1.61. The van der Waals surface area contributed by atoms with E-state index in [2.05, 4.69) is 0 Å². The molecule has 4 aromatic carbocycles. The van der Waals surface area contributed by atoms with Gasteiger partial charge in [0.15, 0.2) is 0 Å². The highest BCUT2D eigenvalue weighted by Crippen LogP contribution is 2.23. The van der Waals surface area contributed by atoms with Crippen molar-refractivity contribution in [2.75, 3.05) is 13.2 Å². The Kier molecular flexibility index (Phi) is 12.7. The van der Waals surface area contributed by atoms with Crippen LogP contribution in [-0.2, 0) is 45.4 Å². The van der Waals surface area contributed by atoms with Crippen LogP contribution < -0.4 is 0 Å². The maximum atomic E-state index is 13.4. The van der Waals surface area contributed by atoms with Gasteiger partial charge in [-0.3, -0.25) is 0 Å². The van der Waals surface area contributed by atoms with Gasteiger partial charge in [-0.05, 0) is 70.8 Å². The molecule has 6 N–H and O–H groups in total. The number of phenolic OH excluding ortho intramolecular Hbond substituents is 4. The van der Waals surface area contributed by atoms with Crippen LogP contribution in [0.3, 0.4) is 0 Å². The average Bonchev–Trinajstić information content (AvgIpc) is 3.00. The van der Waals surface area contributed by atoms with Crippen molar-refractivity contribution in [1.29, 1.82) is 0 Å². The summed E-state index contributed by atoms with van der Waals surface area (Å²) in [6.07, 6.45) is -5.51. The molecule has 46 heavy (non-hydrogen) atoms. The van der Waals surface area contributed by atoms with Crippen LogP contribution in [0.4, 0.5) is 8.78 Å². The van der Waals surface area contributed by atoms with Gasteiger partial charge in [-0.2, -0.15) is 0 Å². The normalized spacial score (nSPS) is 14.1. The molecule has 0 aliphatic rings. The molecule has 0 aliphatic carbocycles. The Morgan fingerprint density at radius 2 is 0.783 bits per heavy atom. The van der Waals surface area contributed by atoms with Gasteiger partial charge in [-0.15, -0.1) is 0 Å². The summed E-state index contributed by atoms with van der Waals surface area (Å²) in [5.41, 5.74) is 2.06.